The molecule has 5 heteroatoms. The number of hydrogen-bond acceptors (Lipinski definition) is 5. The van der Waals surface area contributed by atoms with Gasteiger partial charge in [0.1, 0.15) is 6.10 Å². The summed E-state index contributed by atoms with van der Waals surface area (Å²) in [5, 5.41) is 0. The second-order valence-electron chi connectivity index (χ2n) is 6.08. The van der Waals surface area contributed by atoms with Gasteiger partial charge in [-0.25, -0.2) is 0 Å². The fraction of sp³-hybridized carbons (Fsp3) is 0.929. The van der Waals surface area contributed by atoms with E-state index in [1.54, 1.807) is 0 Å². The van der Waals surface area contributed by atoms with Gasteiger partial charge in [-0.2, -0.15) is 0 Å². The summed E-state index contributed by atoms with van der Waals surface area (Å²) in [6.45, 7) is 2.07. The minimum absolute atomic E-state index is 0.133. The summed E-state index contributed by atoms with van der Waals surface area (Å²) < 4.78 is 23.5. The lowest BCUT2D eigenvalue weighted by atomic mass is 9.96. The zero-order valence-corrected chi connectivity index (χ0v) is 11.2. The number of rotatable bonds is 2. The first-order chi connectivity index (χ1) is 9.22. The van der Waals surface area contributed by atoms with Crippen molar-refractivity contribution in [2.75, 3.05) is 0 Å². The molecule has 4 rings (SSSR count). The molecule has 4 aliphatic rings. The van der Waals surface area contributed by atoms with Crippen molar-refractivity contribution in [2.45, 2.75) is 75.8 Å². The van der Waals surface area contributed by atoms with Crippen LogP contribution in [0.4, 0.5) is 0 Å². The minimum atomic E-state index is -0.463. The smallest absolute Gasteiger partial charge is 0.312 e. The quantitative estimate of drug-likeness (QED) is 0.714. The van der Waals surface area contributed by atoms with Gasteiger partial charge in [0, 0.05) is 12.8 Å². The molecule has 4 fully saturated rings. The van der Waals surface area contributed by atoms with Gasteiger partial charge in [0.25, 0.3) is 0 Å². The van der Waals surface area contributed by atoms with E-state index in [1.165, 1.54) is 0 Å². The zero-order valence-electron chi connectivity index (χ0n) is 11.2. The number of esters is 1. The molecule has 1 spiro atoms. The minimum Gasteiger partial charge on any atom is -0.456 e. The maximum absolute atomic E-state index is 11.9. The van der Waals surface area contributed by atoms with E-state index in [1.807, 2.05) is 0 Å². The summed E-state index contributed by atoms with van der Waals surface area (Å²) in [6.07, 6.45) is 4.85. The molecule has 0 amide bonds. The van der Waals surface area contributed by atoms with Gasteiger partial charge in [0.2, 0.25) is 0 Å². The Morgan fingerprint density at radius 1 is 1.16 bits per heavy atom. The van der Waals surface area contributed by atoms with Gasteiger partial charge in [0.05, 0.1) is 5.92 Å². The maximum atomic E-state index is 11.9. The van der Waals surface area contributed by atoms with Crippen LogP contribution in [-0.4, -0.2) is 36.4 Å². The van der Waals surface area contributed by atoms with E-state index in [4.69, 9.17) is 18.9 Å². The number of carbonyl (C=O) groups excluding carboxylic acids is 1. The highest BCUT2D eigenvalue weighted by Gasteiger charge is 2.64. The molecule has 0 bridgehead atoms. The van der Waals surface area contributed by atoms with Gasteiger partial charge in [-0.1, -0.05) is 13.3 Å². The first-order valence-electron chi connectivity index (χ1n) is 7.44. The summed E-state index contributed by atoms with van der Waals surface area (Å²) in [6, 6.07) is 0. The molecule has 5 nitrogen and oxygen atoms in total. The lowest BCUT2D eigenvalue weighted by Gasteiger charge is -2.25. The van der Waals surface area contributed by atoms with Gasteiger partial charge in [-0.15, -0.1) is 0 Å². The van der Waals surface area contributed by atoms with Crippen LogP contribution < -0.4 is 0 Å². The highest BCUT2D eigenvalue weighted by Crippen LogP contribution is 2.49. The topological polar surface area (TPSA) is 54.0 Å². The summed E-state index contributed by atoms with van der Waals surface area (Å²) in [4.78, 5) is 11.9. The van der Waals surface area contributed by atoms with E-state index in [-0.39, 0.29) is 36.5 Å². The Hall–Kier alpha value is -0.650. The first kappa shape index (κ1) is 12.1. The number of ether oxygens (including phenoxy) is 4. The van der Waals surface area contributed by atoms with Crippen molar-refractivity contribution in [3.8, 4) is 0 Å². The third-order valence-electron chi connectivity index (χ3n) is 4.81. The van der Waals surface area contributed by atoms with E-state index in [0.29, 0.717) is 0 Å². The molecule has 0 aromatic heterocycles. The highest BCUT2D eigenvalue weighted by atomic mass is 16.8. The Labute approximate surface area is 112 Å². The Kier molecular flexibility index (Phi) is 2.66. The predicted octanol–water partition coefficient (Wildman–Crippen LogP) is 1.74. The summed E-state index contributed by atoms with van der Waals surface area (Å²) in [5.74, 6) is -0.742. The number of fused-ring (bicyclic) bond motifs is 3. The van der Waals surface area contributed by atoms with Crippen molar-refractivity contribution in [3.05, 3.63) is 0 Å². The van der Waals surface area contributed by atoms with Crippen LogP contribution in [0.1, 0.15) is 45.4 Å². The van der Waals surface area contributed by atoms with Gasteiger partial charge in [-0.05, 0) is 19.3 Å². The largest absolute Gasteiger partial charge is 0.456 e. The molecule has 0 radical (unpaired) electrons. The second-order valence-corrected chi connectivity index (χ2v) is 6.08. The summed E-state index contributed by atoms with van der Waals surface area (Å²) >= 11 is 0. The normalized spacial score (nSPS) is 46.6. The Bertz CT molecular complexity index is 389. The number of carbonyl (C=O) groups is 1. The van der Waals surface area contributed by atoms with Crippen molar-refractivity contribution < 1.29 is 23.7 Å². The van der Waals surface area contributed by atoms with Crippen molar-refractivity contribution in [1.82, 2.24) is 0 Å². The van der Waals surface area contributed by atoms with Crippen LogP contribution in [0, 0.1) is 5.92 Å². The third kappa shape index (κ3) is 1.68. The maximum Gasteiger partial charge on any atom is 0.312 e. The van der Waals surface area contributed by atoms with Crippen molar-refractivity contribution >= 4 is 5.97 Å². The Morgan fingerprint density at radius 2 is 1.95 bits per heavy atom. The fourth-order valence-electron chi connectivity index (χ4n) is 3.91. The Balaban J connectivity index is 1.52. The molecule has 5 atom stereocenters. The standard InChI is InChI=1S/C14H20O5/c1-2-5-8-9-10(16-12(8)15)11-13(17-9)19-14(18-11)6-3-4-7-14/h8-11,13H,2-7H2,1H3. The first-order valence-corrected chi connectivity index (χ1v) is 7.44. The molecular weight excluding hydrogens is 248 g/mol. The van der Waals surface area contributed by atoms with Crippen LogP contribution in [0.3, 0.4) is 0 Å². The molecular formula is C14H20O5. The predicted molar refractivity (Wildman–Crippen MR) is 64.1 cm³/mol. The van der Waals surface area contributed by atoms with Crippen LogP contribution >= 0.6 is 0 Å². The van der Waals surface area contributed by atoms with Crippen LogP contribution in [0.25, 0.3) is 0 Å². The van der Waals surface area contributed by atoms with Gasteiger partial charge in [-0.3, -0.25) is 4.79 Å². The molecule has 3 aliphatic heterocycles. The van der Waals surface area contributed by atoms with Crippen molar-refractivity contribution in [3.63, 3.8) is 0 Å². The lowest BCUT2D eigenvalue weighted by Crippen LogP contribution is -2.35. The molecule has 0 aromatic rings. The van der Waals surface area contributed by atoms with Crippen LogP contribution in [0.5, 0.6) is 0 Å². The molecule has 1 saturated carbocycles. The molecule has 1 aliphatic carbocycles. The summed E-state index contributed by atoms with van der Waals surface area (Å²) in [5.41, 5.74) is 0. The molecule has 0 aromatic carbocycles. The molecule has 5 unspecified atom stereocenters. The van der Waals surface area contributed by atoms with Crippen LogP contribution in [0.2, 0.25) is 0 Å². The van der Waals surface area contributed by atoms with E-state index < -0.39 is 5.79 Å². The molecule has 3 saturated heterocycles. The summed E-state index contributed by atoms with van der Waals surface area (Å²) in [7, 11) is 0. The molecule has 19 heavy (non-hydrogen) atoms. The molecule has 3 heterocycles. The van der Waals surface area contributed by atoms with E-state index in [2.05, 4.69) is 6.92 Å². The van der Waals surface area contributed by atoms with Crippen LogP contribution in [0.15, 0.2) is 0 Å². The van der Waals surface area contributed by atoms with Gasteiger partial charge < -0.3 is 18.9 Å². The van der Waals surface area contributed by atoms with E-state index in [9.17, 15) is 4.79 Å². The van der Waals surface area contributed by atoms with E-state index in [0.717, 1.165) is 38.5 Å². The van der Waals surface area contributed by atoms with Crippen molar-refractivity contribution in [1.29, 1.82) is 0 Å². The highest BCUT2D eigenvalue weighted by molar-refractivity contribution is 5.76. The lowest BCUT2D eigenvalue weighted by molar-refractivity contribution is -0.227. The molecule has 0 N–H and O–H groups in total. The SMILES string of the molecule is CCCC1C(=O)OC2C3OC4(CCCC4)OC3OC12. The molecule has 106 valence electrons. The van der Waals surface area contributed by atoms with E-state index >= 15 is 0 Å². The third-order valence-corrected chi connectivity index (χ3v) is 4.81. The average Bonchev–Trinajstić information content (AvgIpc) is 3.09. The second kappa shape index (κ2) is 4.17. The number of hydrogen-bond donors (Lipinski definition) is 0. The fourth-order valence-corrected chi connectivity index (χ4v) is 3.91. The van der Waals surface area contributed by atoms with Gasteiger partial charge >= 0.3 is 5.97 Å². The van der Waals surface area contributed by atoms with Crippen molar-refractivity contribution in [2.24, 2.45) is 5.92 Å². The zero-order chi connectivity index (χ0) is 13.0. The average molecular weight is 268 g/mol. The Morgan fingerprint density at radius 3 is 2.68 bits per heavy atom. The monoisotopic (exact) mass is 268 g/mol. The van der Waals surface area contributed by atoms with Gasteiger partial charge in [0.15, 0.2) is 24.3 Å². The van der Waals surface area contributed by atoms with Crippen LogP contribution in [-0.2, 0) is 23.7 Å².